The Morgan fingerprint density at radius 1 is 0.857 bits per heavy atom. The number of amides is 3. The predicted octanol–water partition coefficient (Wildman–Crippen LogP) is 6.08. The summed E-state index contributed by atoms with van der Waals surface area (Å²) in [6, 6.07) is 32.7. The number of ether oxygens (including phenoxy) is 3. The summed E-state index contributed by atoms with van der Waals surface area (Å²) < 4.78 is 17.5. The first kappa shape index (κ1) is 39.9. The zero-order chi connectivity index (χ0) is 39.3. The molecule has 0 fully saturated rings. The molecule has 0 bridgehead atoms. The molecule has 11 nitrogen and oxygen atoms in total. The number of hydrogen-bond acceptors (Lipinski definition) is 8. The van der Waals surface area contributed by atoms with Gasteiger partial charge in [-0.2, -0.15) is 0 Å². The maximum absolute atomic E-state index is 14.0. The molecule has 4 aromatic rings. The minimum absolute atomic E-state index is 0.00972. The number of nitrogens with zero attached hydrogens (tertiary/aromatic N) is 1. The van der Waals surface area contributed by atoms with Crippen molar-refractivity contribution < 1.29 is 38.5 Å². The average Bonchev–Trinajstić information content (AvgIpc) is 3.54. The monoisotopic (exact) mass is 759 g/mol. The molecule has 0 saturated carbocycles. The molecule has 292 valence electrons. The predicted molar refractivity (Wildman–Crippen MR) is 211 cm³/mol. The number of aliphatic hydroxyl groups excluding tert-OH is 1. The first-order valence-electron chi connectivity index (χ1n) is 19.1. The highest BCUT2D eigenvalue weighted by Gasteiger charge is 2.35. The number of carbonyl (C=O) groups is 4. The maximum Gasteiger partial charge on any atom is 0.407 e. The van der Waals surface area contributed by atoms with Gasteiger partial charge in [0.1, 0.15) is 18.8 Å². The van der Waals surface area contributed by atoms with E-state index in [9.17, 15) is 24.3 Å². The lowest BCUT2D eigenvalue weighted by Crippen LogP contribution is -2.49. The number of carbonyl (C=O) groups excluding carboxylic acids is 4. The van der Waals surface area contributed by atoms with Crippen LogP contribution in [0.25, 0.3) is 11.1 Å². The number of allylic oxidation sites excluding steroid dienone is 2. The largest absolute Gasteiger partial charge is 0.454 e. The second-order valence-corrected chi connectivity index (χ2v) is 14.1. The van der Waals surface area contributed by atoms with Gasteiger partial charge in [-0.25, -0.2) is 9.59 Å². The molecular formula is C45H49N3O8. The molecule has 3 amide bonds. The third-order valence-electron chi connectivity index (χ3n) is 10.3. The topological polar surface area (TPSA) is 144 Å². The molecule has 6 rings (SSSR count). The maximum atomic E-state index is 14.0. The Labute approximate surface area is 327 Å². The number of cyclic esters (lactones) is 1. The van der Waals surface area contributed by atoms with Gasteiger partial charge in [0.2, 0.25) is 11.8 Å². The second-order valence-electron chi connectivity index (χ2n) is 14.1. The van der Waals surface area contributed by atoms with E-state index in [-0.39, 0.29) is 57.5 Å². The van der Waals surface area contributed by atoms with Gasteiger partial charge in [-0.3, -0.25) is 9.59 Å². The first-order chi connectivity index (χ1) is 27.4. The highest BCUT2D eigenvalue weighted by molar-refractivity contribution is 5.86. The van der Waals surface area contributed by atoms with Crippen LogP contribution in [-0.4, -0.2) is 79.4 Å². The number of aliphatic hydroxyl groups is 1. The molecule has 4 aromatic carbocycles. The third-order valence-corrected chi connectivity index (χ3v) is 10.3. The molecule has 0 aromatic heterocycles. The number of methoxy groups -OCH3 is 1. The van der Waals surface area contributed by atoms with E-state index in [1.165, 1.54) is 7.11 Å². The smallest absolute Gasteiger partial charge is 0.407 e. The van der Waals surface area contributed by atoms with Crippen molar-refractivity contribution in [2.75, 3.05) is 33.5 Å². The van der Waals surface area contributed by atoms with Gasteiger partial charge in [-0.1, -0.05) is 121 Å². The second kappa shape index (κ2) is 19.7. The highest BCUT2D eigenvalue weighted by atomic mass is 16.6. The van der Waals surface area contributed by atoms with E-state index in [4.69, 9.17) is 14.2 Å². The lowest BCUT2D eigenvalue weighted by molar-refractivity contribution is -0.155. The van der Waals surface area contributed by atoms with E-state index in [1.807, 2.05) is 84.9 Å². The zero-order valence-corrected chi connectivity index (χ0v) is 31.5. The summed E-state index contributed by atoms with van der Waals surface area (Å²) >= 11 is 0. The van der Waals surface area contributed by atoms with Crippen molar-refractivity contribution in [2.45, 2.75) is 56.3 Å². The fourth-order valence-corrected chi connectivity index (χ4v) is 7.43. The average molecular weight is 760 g/mol. The van der Waals surface area contributed by atoms with Gasteiger partial charge in [-0.05, 0) is 52.6 Å². The van der Waals surface area contributed by atoms with Gasteiger partial charge >= 0.3 is 12.1 Å². The van der Waals surface area contributed by atoms with Gasteiger partial charge in [0.25, 0.3) is 0 Å². The van der Waals surface area contributed by atoms with Crippen molar-refractivity contribution in [3.8, 4) is 11.1 Å². The van der Waals surface area contributed by atoms with E-state index in [1.54, 1.807) is 29.2 Å². The number of hydrogen-bond donors (Lipinski definition) is 3. The summed E-state index contributed by atoms with van der Waals surface area (Å²) in [6.07, 6.45) is 2.61. The number of alkyl carbamates (subject to hydrolysis) is 1. The molecule has 1 heterocycles. The number of esters is 1. The molecule has 4 atom stereocenters. The standard InChI is InChI=1S/C45H49N3O8/c1-54-30-40-42(32-17-7-3-8-18-32)56-44(52)39(47-45(53)55-29-38-36-22-13-11-20-34(36)35-21-12-14-23-37(35)38)24-10-4-9-19-33(43(51)46-40)27-41(50)48(25-26-49)28-31-15-5-2-6-16-31/h2-9,11-18,20-23,33,38-40,42,49H,10,19,24-30H2,1H3,(H,46,51)(H,47,53). The lowest BCUT2D eigenvalue weighted by Gasteiger charge is -2.31. The van der Waals surface area contributed by atoms with Crippen molar-refractivity contribution in [2.24, 2.45) is 5.92 Å². The van der Waals surface area contributed by atoms with Gasteiger partial charge in [0.15, 0.2) is 0 Å². The third kappa shape index (κ3) is 10.1. The number of fused-ring (bicyclic) bond motifs is 3. The van der Waals surface area contributed by atoms with E-state index >= 15 is 0 Å². The highest BCUT2D eigenvalue weighted by Crippen LogP contribution is 2.44. The Morgan fingerprint density at radius 3 is 2.16 bits per heavy atom. The molecule has 4 unspecified atom stereocenters. The SMILES string of the molecule is COCC1NC(=O)C(CC(=O)N(CCO)Cc2ccccc2)CC=CCCC(NC(=O)OCC2c3ccccc3-c3ccccc32)C(=O)OC1c1ccccc1. The van der Waals surface area contributed by atoms with Crippen molar-refractivity contribution in [1.82, 2.24) is 15.5 Å². The van der Waals surface area contributed by atoms with Crippen LogP contribution < -0.4 is 10.6 Å². The van der Waals surface area contributed by atoms with Crippen molar-refractivity contribution in [3.05, 3.63) is 144 Å². The Hall–Kier alpha value is -5.78. The van der Waals surface area contributed by atoms with Crippen LogP contribution in [0.5, 0.6) is 0 Å². The minimum Gasteiger partial charge on any atom is -0.454 e. The molecule has 0 radical (unpaired) electrons. The molecule has 0 saturated heterocycles. The summed E-state index contributed by atoms with van der Waals surface area (Å²) in [5.41, 5.74) is 5.87. The summed E-state index contributed by atoms with van der Waals surface area (Å²) in [5.74, 6) is -2.29. The van der Waals surface area contributed by atoms with Crippen LogP contribution in [0.4, 0.5) is 4.79 Å². The lowest BCUT2D eigenvalue weighted by atomic mass is 9.96. The molecule has 1 aliphatic carbocycles. The molecular weight excluding hydrogens is 711 g/mol. The van der Waals surface area contributed by atoms with Gasteiger partial charge in [0, 0.05) is 32.5 Å². The van der Waals surface area contributed by atoms with Crippen LogP contribution in [-0.2, 0) is 35.1 Å². The molecule has 0 spiro atoms. The summed E-state index contributed by atoms with van der Waals surface area (Å²) in [7, 11) is 1.48. The number of rotatable bonds is 12. The van der Waals surface area contributed by atoms with Crippen molar-refractivity contribution >= 4 is 23.9 Å². The van der Waals surface area contributed by atoms with Gasteiger partial charge in [-0.15, -0.1) is 0 Å². The quantitative estimate of drug-likeness (QED) is 0.117. The normalized spacial score (nSPS) is 19.9. The van der Waals surface area contributed by atoms with Gasteiger partial charge < -0.3 is 34.9 Å². The molecule has 11 heteroatoms. The molecule has 1 aliphatic heterocycles. The summed E-state index contributed by atoms with van der Waals surface area (Å²) in [4.78, 5) is 56.7. The van der Waals surface area contributed by atoms with E-state index in [2.05, 4.69) is 22.8 Å². The van der Waals surface area contributed by atoms with Crippen LogP contribution in [0.3, 0.4) is 0 Å². The van der Waals surface area contributed by atoms with Crippen LogP contribution in [0.2, 0.25) is 0 Å². The van der Waals surface area contributed by atoms with Crippen LogP contribution in [0, 0.1) is 5.92 Å². The Bertz CT molecular complexity index is 1920. The number of benzene rings is 4. The Balaban J connectivity index is 1.20. The summed E-state index contributed by atoms with van der Waals surface area (Å²) in [5, 5.41) is 15.5. The fraction of sp³-hybridized carbons (Fsp3) is 0.333. The van der Waals surface area contributed by atoms with Crippen LogP contribution >= 0.6 is 0 Å². The van der Waals surface area contributed by atoms with Crippen molar-refractivity contribution in [1.29, 1.82) is 0 Å². The Kier molecular flexibility index (Phi) is 14.0. The van der Waals surface area contributed by atoms with Crippen LogP contribution in [0.1, 0.15) is 60.0 Å². The Morgan fingerprint density at radius 2 is 1.50 bits per heavy atom. The van der Waals surface area contributed by atoms with E-state index < -0.39 is 42.1 Å². The van der Waals surface area contributed by atoms with Crippen LogP contribution in [0.15, 0.2) is 121 Å². The molecule has 2 aliphatic rings. The fourth-order valence-electron chi connectivity index (χ4n) is 7.43. The molecule has 3 N–H and O–H groups in total. The number of nitrogens with one attached hydrogen (secondary N) is 2. The van der Waals surface area contributed by atoms with Crippen molar-refractivity contribution in [3.63, 3.8) is 0 Å². The zero-order valence-electron chi connectivity index (χ0n) is 31.5. The summed E-state index contributed by atoms with van der Waals surface area (Å²) in [6.45, 7) is 0.261. The van der Waals surface area contributed by atoms with Gasteiger partial charge in [0.05, 0.1) is 25.2 Å². The first-order valence-corrected chi connectivity index (χ1v) is 19.1. The molecule has 56 heavy (non-hydrogen) atoms. The van der Waals surface area contributed by atoms with E-state index in [0.29, 0.717) is 18.5 Å². The minimum atomic E-state index is -1.07. The van der Waals surface area contributed by atoms with E-state index in [0.717, 1.165) is 27.8 Å².